The van der Waals surface area contributed by atoms with Crippen molar-refractivity contribution in [3.05, 3.63) is 66.0 Å². The summed E-state index contributed by atoms with van der Waals surface area (Å²) in [5.74, 6) is 1.30. The molecule has 0 saturated carbocycles. The lowest BCUT2D eigenvalue weighted by molar-refractivity contribution is 0.0709. The second-order valence-corrected chi connectivity index (χ2v) is 6.69. The molecule has 1 aliphatic heterocycles. The zero-order valence-corrected chi connectivity index (χ0v) is 14.9. The van der Waals surface area contributed by atoms with Gasteiger partial charge < -0.3 is 10.2 Å². The summed E-state index contributed by atoms with van der Waals surface area (Å²) < 4.78 is 0. The van der Waals surface area contributed by atoms with Crippen LogP contribution in [0, 0.1) is 0 Å². The van der Waals surface area contributed by atoms with Crippen molar-refractivity contribution >= 4 is 22.6 Å². The number of amides is 1. The normalized spacial score (nSPS) is 17.3. The fraction of sp³-hybridized carbons (Fsp3) is 0.286. The number of pyridine rings is 2. The lowest BCUT2D eigenvalue weighted by Crippen LogP contribution is -2.39. The highest BCUT2D eigenvalue weighted by Crippen LogP contribution is 2.29. The molecule has 5 nitrogen and oxygen atoms in total. The number of likely N-dealkylation sites (tertiary alicyclic amines) is 1. The van der Waals surface area contributed by atoms with Crippen LogP contribution < -0.4 is 5.32 Å². The lowest BCUT2D eigenvalue weighted by Gasteiger charge is -2.33. The Morgan fingerprint density at radius 3 is 2.96 bits per heavy atom. The Balaban J connectivity index is 1.60. The highest BCUT2D eigenvalue weighted by Gasteiger charge is 2.26. The van der Waals surface area contributed by atoms with Crippen molar-refractivity contribution in [2.75, 3.05) is 25.5 Å². The van der Waals surface area contributed by atoms with Crippen LogP contribution in [0.4, 0.5) is 5.82 Å². The first-order valence-electron chi connectivity index (χ1n) is 9.03. The Morgan fingerprint density at radius 1 is 1.15 bits per heavy atom. The molecule has 1 atom stereocenters. The quantitative estimate of drug-likeness (QED) is 0.786. The average Bonchev–Trinajstić information content (AvgIpc) is 2.73. The summed E-state index contributed by atoms with van der Waals surface area (Å²) in [6.07, 6.45) is 5.69. The van der Waals surface area contributed by atoms with Crippen molar-refractivity contribution in [3.63, 3.8) is 0 Å². The standard InChI is InChI=1S/C21H22N4O/c1-22-20-13-15(9-11-24-20)16-5-4-12-25(14-16)21(26)18-6-2-8-19-17(18)7-3-10-23-19/h2-3,6-11,13,16H,4-5,12,14H2,1H3,(H,22,24)/t16-/m1/s1. The van der Waals surface area contributed by atoms with Crippen LogP contribution in [0.2, 0.25) is 0 Å². The molecule has 1 fully saturated rings. The number of carbonyl (C=O) groups is 1. The van der Waals surface area contributed by atoms with Gasteiger partial charge in [0.25, 0.3) is 5.91 Å². The molecule has 0 radical (unpaired) electrons. The summed E-state index contributed by atoms with van der Waals surface area (Å²) in [5, 5.41) is 4.01. The van der Waals surface area contributed by atoms with E-state index in [4.69, 9.17) is 0 Å². The molecule has 1 amide bonds. The highest BCUT2D eigenvalue weighted by molar-refractivity contribution is 6.06. The maximum absolute atomic E-state index is 13.2. The molecule has 1 N–H and O–H groups in total. The number of fused-ring (bicyclic) bond motifs is 1. The summed E-state index contributed by atoms with van der Waals surface area (Å²) in [6, 6.07) is 13.8. The third kappa shape index (κ3) is 3.12. The van der Waals surface area contributed by atoms with Crippen LogP contribution >= 0.6 is 0 Å². The molecule has 0 spiro atoms. The number of nitrogens with one attached hydrogen (secondary N) is 1. The number of benzene rings is 1. The Labute approximate surface area is 153 Å². The van der Waals surface area contributed by atoms with E-state index < -0.39 is 0 Å². The van der Waals surface area contributed by atoms with Gasteiger partial charge in [-0.1, -0.05) is 12.1 Å². The zero-order chi connectivity index (χ0) is 17.9. The van der Waals surface area contributed by atoms with E-state index in [0.717, 1.165) is 48.2 Å². The summed E-state index contributed by atoms with van der Waals surface area (Å²) in [7, 11) is 1.87. The van der Waals surface area contributed by atoms with Gasteiger partial charge in [-0.2, -0.15) is 0 Å². The van der Waals surface area contributed by atoms with Crippen molar-refractivity contribution in [1.29, 1.82) is 0 Å². The number of piperidine rings is 1. The summed E-state index contributed by atoms with van der Waals surface area (Å²) >= 11 is 0. The number of hydrogen-bond donors (Lipinski definition) is 1. The molecule has 1 aliphatic rings. The fourth-order valence-corrected chi connectivity index (χ4v) is 3.73. The first-order valence-corrected chi connectivity index (χ1v) is 9.03. The molecule has 1 saturated heterocycles. The molecule has 0 bridgehead atoms. The largest absolute Gasteiger partial charge is 0.373 e. The monoisotopic (exact) mass is 346 g/mol. The number of nitrogens with zero attached hydrogens (tertiary/aromatic N) is 3. The van der Waals surface area contributed by atoms with Crippen molar-refractivity contribution in [1.82, 2.24) is 14.9 Å². The van der Waals surface area contributed by atoms with Gasteiger partial charge in [-0.3, -0.25) is 9.78 Å². The molecule has 132 valence electrons. The Kier molecular flexibility index (Phi) is 4.52. The number of aromatic nitrogens is 2. The second-order valence-electron chi connectivity index (χ2n) is 6.69. The first-order chi connectivity index (χ1) is 12.8. The van der Waals surface area contributed by atoms with E-state index in [1.807, 2.05) is 48.5 Å². The van der Waals surface area contributed by atoms with Gasteiger partial charge in [-0.25, -0.2) is 4.98 Å². The van der Waals surface area contributed by atoms with Crippen molar-refractivity contribution < 1.29 is 4.79 Å². The van der Waals surface area contributed by atoms with Gasteiger partial charge in [-0.05, 0) is 48.7 Å². The molecule has 0 aliphatic carbocycles. The van der Waals surface area contributed by atoms with Crippen LogP contribution in [-0.4, -0.2) is 40.9 Å². The summed E-state index contributed by atoms with van der Waals surface area (Å²) in [4.78, 5) is 23.8. The zero-order valence-electron chi connectivity index (χ0n) is 14.9. The molecule has 26 heavy (non-hydrogen) atoms. The van der Waals surface area contributed by atoms with Crippen LogP contribution in [0.15, 0.2) is 54.9 Å². The second kappa shape index (κ2) is 7.12. The SMILES string of the molecule is CNc1cc([C@@H]2CCCN(C(=O)c3cccc4ncccc34)C2)ccn1. The fourth-order valence-electron chi connectivity index (χ4n) is 3.73. The van der Waals surface area contributed by atoms with Gasteiger partial charge >= 0.3 is 0 Å². The molecule has 2 aromatic heterocycles. The van der Waals surface area contributed by atoms with E-state index in [1.54, 1.807) is 6.20 Å². The van der Waals surface area contributed by atoms with E-state index in [1.165, 1.54) is 5.56 Å². The van der Waals surface area contributed by atoms with Gasteiger partial charge in [0.05, 0.1) is 5.52 Å². The Hall–Kier alpha value is -2.95. The van der Waals surface area contributed by atoms with Crippen molar-refractivity contribution in [3.8, 4) is 0 Å². The third-order valence-corrected chi connectivity index (χ3v) is 5.10. The first kappa shape index (κ1) is 16.5. The number of rotatable bonds is 3. The van der Waals surface area contributed by atoms with Gasteiger partial charge in [0.15, 0.2) is 0 Å². The minimum atomic E-state index is 0.0937. The van der Waals surface area contributed by atoms with Gasteiger partial charge in [-0.15, -0.1) is 0 Å². The van der Waals surface area contributed by atoms with E-state index in [0.29, 0.717) is 5.92 Å². The van der Waals surface area contributed by atoms with Crippen LogP contribution in [0.3, 0.4) is 0 Å². The smallest absolute Gasteiger partial charge is 0.254 e. The van der Waals surface area contributed by atoms with Crippen molar-refractivity contribution in [2.45, 2.75) is 18.8 Å². The molecule has 1 aromatic carbocycles. The molecule has 5 heteroatoms. The van der Waals surface area contributed by atoms with Gasteiger partial charge in [0.1, 0.15) is 5.82 Å². The minimum absolute atomic E-state index is 0.0937. The van der Waals surface area contributed by atoms with Crippen LogP contribution in [0.1, 0.15) is 34.7 Å². The molecule has 4 rings (SSSR count). The van der Waals surface area contributed by atoms with Gasteiger partial charge in [0, 0.05) is 49.4 Å². The maximum atomic E-state index is 13.2. The Bertz CT molecular complexity index is 935. The van der Waals surface area contributed by atoms with Crippen LogP contribution in [0.25, 0.3) is 10.9 Å². The van der Waals surface area contributed by atoms with Crippen LogP contribution in [0.5, 0.6) is 0 Å². The topological polar surface area (TPSA) is 58.1 Å². The van der Waals surface area contributed by atoms with E-state index in [2.05, 4.69) is 27.4 Å². The average molecular weight is 346 g/mol. The number of anilines is 1. The maximum Gasteiger partial charge on any atom is 0.254 e. The molecule has 3 aromatic rings. The minimum Gasteiger partial charge on any atom is -0.373 e. The lowest BCUT2D eigenvalue weighted by atomic mass is 9.90. The van der Waals surface area contributed by atoms with Gasteiger partial charge in [0.2, 0.25) is 0 Å². The van der Waals surface area contributed by atoms with E-state index >= 15 is 0 Å². The molecule has 3 heterocycles. The van der Waals surface area contributed by atoms with Crippen molar-refractivity contribution in [2.24, 2.45) is 0 Å². The third-order valence-electron chi connectivity index (χ3n) is 5.10. The van der Waals surface area contributed by atoms with E-state index in [9.17, 15) is 4.79 Å². The van der Waals surface area contributed by atoms with Crippen LogP contribution in [-0.2, 0) is 0 Å². The Morgan fingerprint density at radius 2 is 2.08 bits per heavy atom. The highest BCUT2D eigenvalue weighted by atomic mass is 16.2. The molecular formula is C21H22N4O. The summed E-state index contributed by atoms with van der Waals surface area (Å²) in [5.41, 5.74) is 2.84. The number of hydrogen-bond acceptors (Lipinski definition) is 4. The molecular weight excluding hydrogens is 324 g/mol. The van der Waals surface area contributed by atoms with E-state index in [-0.39, 0.29) is 5.91 Å². The molecule has 0 unspecified atom stereocenters. The number of carbonyl (C=O) groups excluding carboxylic acids is 1. The summed E-state index contributed by atoms with van der Waals surface area (Å²) in [6.45, 7) is 1.54. The predicted octanol–water partition coefficient (Wildman–Crippen LogP) is 3.69. The predicted molar refractivity (Wildman–Crippen MR) is 103 cm³/mol.